The van der Waals surface area contributed by atoms with Crippen LogP contribution in [0.15, 0.2) is 15.9 Å². The summed E-state index contributed by atoms with van der Waals surface area (Å²) in [6.07, 6.45) is 7.02. The van der Waals surface area contributed by atoms with Crippen molar-refractivity contribution in [2.75, 3.05) is 26.2 Å². The van der Waals surface area contributed by atoms with E-state index in [-0.39, 0.29) is 0 Å². The van der Waals surface area contributed by atoms with Crippen molar-refractivity contribution in [1.82, 2.24) is 9.80 Å². The summed E-state index contributed by atoms with van der Waals surface area (Å²) in [6, 6.07) is 5.29. The molecule has 0 N–H and O–H groups in total. The molecule has 0 unspecified atom stereocenters. The number of piperidine rings is 2. The van der Waals surface area contributed by atoms with Crippen LogP contribution in [0.5, 0.6) is 0 Å². The van der Waals surface area contributed by atoms with E-state index in [1.54, 1.807) is 0 Å². The van der Waals surface area contributed by atoms with Crippen LogP contribution in [0.4, 0.5) is 0 Å². The molecule has 1 aromatic heterocycles. The predicted molar refractivity (Wildman–Crippen MR) is 85.7 cm³/mol. The van der Waals surface area contributed by atoms with E-state index < -0.39 is 0 Å². The van der Waals surface area contributed by atoms with Gasteiger partial charge in [0.1, 0.15) is 0 Å². The molecule has 2 saturated heterocycles. The topological polar surface area (TPSA) is 6.48 Å². The Morgan fingerprint density at radius 2 is 1.79 bits per heavy atom. The zero-order valence-corrected chi connectivity index (χ0v) is 13.9. The number of nitrogens with zero attached hydrogens (tertiary/aromatic N) is 2. The molecule has 0 atom stereocenters. The summed E-state index contributed by atoms with van der Waals surface area (Å²) >= 11 is 5.43. The Hall–Kier alpha value is 0.1000. The fourth-order valence-corrected chi connectivity index (χ4v) is 4.91. The summed E-state index contributed by atoms with van der Waals surface area (Å²) in [7, 11) is 0. The Kier molecular flexibility index (Phi) is 4.96. The minimum absolute atomic E-state index is 0.867. The lowest BCUT2D eigenvalue weighted by atomic mass is 10.00. The molecule has 0 radical (unpaired) electrons. The molecule has 3 heterocycles. The van der Waals surface area contributed by atoms with Gasteiger partial charge in [-0.25, -0.2) is 0 Å². The summed E-state index contributed by atoms with van der Waals surface area (Å²) in [5.74, 6) is 0. The van der Waals surface area contributed by atoms with E-state index in [4.69, 9.17) is 0 Å². The number of rotatable bonds is 3. The van der Waals surface area contributed by atoms with Gasteiger partial charge < -0.3 is 4.90 Å². The average Bonchev–Trinajstić information content (AvgIpc) is 2.86. The second kappa shape index (κ2) is 6.70. The van der Waals surface area contributed by atoms with Gasteiger partial charge in [0.25, 0.3) is 0 Å². The van der Waals surface area contributed by atoms with Gasteiger partial charge in [0.05, 0.1) is 3.79 Å². The number of halogens is 1. The van der Waals surface area contributed by atoms with Gasteiger partial charge in [-0.2, -0.15) is 0 Å². The molecular weight excluding hydrogens is 320 g/mol. The van der Waals surface area contributed by atoms with Crippen molar-refractivity contribution in [2.45, 2.75) is 44.7 Å². The third-order valence-electron chi connectivity index (χ3n) is 4.47. The van der Waals surface area contributed by atoms with Crippen molar-refractivity contribution in [3.05, 3.63) is 20.8 Å². The first-order valence-corrected chi connectivity index (χ1v) is 9.13. The quantitative estimate of drug-likeness (QED) is 0.820. The Bertz CT molecular complexity index is 393. The minimum Gasteiger partial charge on any atom is -0.300 e. The minimum atomic E-state index is 0.867. The normalized spacial score (nSPS) is 23.8. The number of likely N-dealkylation sites (tertiary alicyclic amines) is 2. The van der Waals surface area contributed by atoms with Crippen LogP contribution in [0.25, 0.3) is 0 Å². The zero-order valence-electron chi connectivity index (χ0n) is 11.5. The van der Waals surface area contributed by atoms with Gasteiger partial charge in [0.15, 0.2) is 0 Å². The van der Waals surface area contributed by atoms with E-state index in [1.807, 2.05) is 11.3 Å². The van der Waals surface area contributed by atoms with E-state index >= 15 is 0 Å². The summed E-state index contributed by atoms with van der Waals surface area (Å²) in [5, 5.41) is 0. The number of hydrogen-bond donors (Lipinski definition) is 0. The summed E-state index contributed by atoms with van der Waals surface area (Å²) in [4.78, 5) is 6.87. The van der Waals surface area contributed by atoms with Gasteiger partial charge >= 0.3 is 0 Å². The van der Waals surface area contributed by atoms with E-state index in [1.165, 1.54) is 66.9 Å². The SMILES string of the molecule is Brc1ccc(CN2CCC(N3CCCCC3)CC2)s1. The third-order valence-corrected chi connectivity index (χ3v) is 6.08. The van der Waals surface area contributed by atoms with Crippen molar-refractivity contribution >= 4 is 27.3 Å². The van der Waals surface area contributed by atoms with Gasteiger partial charge in [0.2, 0.25) is 0 Å². The maximum atomic E-state index is 3.55. The summed E-state index contributed by atoms with van der Waals surface area (Å²) < 4.78 is 1.26. The monoisotopic (exact) mass is 342 g/mol. The fourth-order valence-electron chi connectivity index (χ4n) is 3.38. The van der Waals surface area contributed by atoms with E-state index in [2.05, 4.69) is 37.9 Å². The van der Waals surface area contributed by atoms with Crippen LogP contribution in [0.1, 0.15) is 37.0 Å². The molecule has 2 aliphatic rings. The highest BCUT2D eigenvalue weighted by Gasteiger charge is 2.25. The smallest absolute Gasteiger partial charge is 0.0701 e. The Labute approximate surface area is 128 Å². The molecule has 1 aromatic rings. The maximum absolute atomic E-state index is 3.55. The van der Waals surface area contributed by atoms with Gasteiger partial charge in [-0.05, 0) is 66.8 Å². The molecule has 2 fully saturated rings. The summed E-state index contributed by atoms with van der Waals surface area (Å²) in [6.45, 7) is 6.39. The van der Waals surface area contributed by atoms with Crippen LogP contribution < -0.4 is 0 Å². The van der Waals surface area contributed by atoms with Crippen molar-refractivity contribution in [2.24, 2.45) is 0 Å². The lowest BCUT2D eigenvalue weighted by Crippen LogP contribution is -2.46. The van der Waals surface area contributed by atoms with Crippen LogP contribution in [0, 0.1) is 0 Å². The van der Waals surface area contributed by atoms with Crippen LogP contribution in [0.3, 0.4) is 0 Å². The van der Waals surface area contributed by atoms with Gasteiger partial charge in [-0.3, -0.25) is 4.90 Å². The Morgan fingerprint density at radius 3 is 2.42 bits per heavy atom. The highest BCUT2D eigenvalue weighted by atomic mass is 79.9. The van der Waals surface area contributed by atoms with E-state index in [0.717, 1.165) is 12.6 Å². The molecule has 3 rings (SSSR count). The van der Waals surface area contributed by atoms with Gasteiger partial charge in [0, 0.05) is 30.6 Å². The standard InChI is InChI=1S/C15H23BrN2S/c16-15-5-4-14(19-15)12-17-10-6-13(7-11-17)18-8-2-1-3-9-18/h4-5,13H,1-3,6-12H2. The lowest BCUT2D eigenvalue weighted by molar-refractivity contribution is 0.0901. The lowest BCUT2D eigenvalue weighted by Gasteiger charge is -2.40. The van der Waals surface area contributed by atoms with Crippen LogP contribution in [-0.4, -0.2) is 42.0 Å². The van der Waals surface area contributed by atoms with Crippen molar-refractivity contribution < 1.29 is 0 Å². The fraction of sp³-hybridized carbons (Fsp3) is 0.733. The van der Waals surface area contributed by atoms with Gasteiger partial charge in [-0.1, -0.05) is 6.42 Å². The first-order chi connectivity index (χ1) is 9.31. The first kappa shape index (κ1) is 14.1. The van der Waals surface area contributed by atoms with Gasteiger partial charge in [-0.15, -0.1) is 11.3 Å². The summed E-state index contributed by atoms with van der Waals surface area (Å²) in [5.41, 5.74) is 0. The molecule has 0 aliphatic carbocycles. The van der Waals surface area contributed by atoms with Crippen LogP contribution >= 0.6 is 27.3 Å². The largest absolute Gasteiger partial charge is 0.300 e. The molecular formula is C15H23BrN2S. The van der Waals surface area contributed by atoms with Crippen molar-refractivity contribution in [3.8, 4) is 0 Å². The maximum Gasteiger partial charge on any atom is 0.0701 e. The molecule has 2 nitrogen and oxygen atoms in total. The molecule has 19 heavy (non-hydrogen) atoms. The van der Waals surface area contributed by atoms with Crippen molar-refractivity contribution in [1.29, 1.82) is 0 Å². The van der Waals surface area contributed by atoms with Crippen LogP contribution in [0.2, 0.25) is 0 Å². The highest BCUT2D eigenvalue weighted by Crippen LogP contribution is 2.26. The molecule has 2 aliphatic heterocycles. The molecule has 0 spiro atoms. The highest BCUT2D eigenvalue weighted by molar-refractivity contribution is 9.11. The average molecular weight is 343 g/mol. The van der Waals surface area contributed by atoms with Crippen molar-refractivity contribution in [3.63, 3.8) is 0 Å². The molecule has 106 valence electrons. The number of hydrogen-bond acceptors (Lipinski definition) is 3. The second-order valence-electron chi connectivity index (χ2n) is 5.81. The zero-order chi connectivity index (χ0) is 13.1. The molecule has 0 bridgehead atoms. The Balaban J connectivity index is 1.46. The van der Waals surface area contributed by atoms with E-state index in [9.17, 15) is 0 Å². The second-order valence-corrected chi connectivity index (χ2v) is 8.36. The third kappa shape index (κ3) is 3.81. The van der Waals surface area contributed by atoms with E-state index in [0.29, 0.717) is 0 Å². The number of thiophene rings is 1. The molecule has 0 aromatic carbocycles. The Morgan fingerprint density at radius 1 is 1.05 bits per heavy atom. The molecule has 4 heteroatoms. The molecule has 0 saturated carbocycles. The predicted octanol–water partition coefficient (Wildman–Crippen LogP) is 3.96. The van der Waals surface area contributed by atoms with Crippen LogP contribution in [-0.2, 0) is 6.54 Å². The molecule has 0 amide bonds. The first-order valence-electron chi connectivity index (χ1n) is 7.52.